The van der Waals surface area contributed by atoms with Gasteiger partial charge >= 0.3 is 12.2 Å². The Morgan fingerprint density at radius 2 is 1.97 bits per heavy atom. The molecule has 0 aliphatic carbocycles. The highest BCUT2D eigenvalue weighted by Gasteiger charge is 2.40. The van der Waals surface area contributed by atoms with Crippen molar-refractivity contribution >= 4 is 18.1 Å². The molecule has 1 aliphatic heterocycles. The molecular formula is C21H30N2O6. The third-order valence-corrected chi connectivity index (χ3v) is 4.42. The van der Waals surface area contributed by atoms with Gasteiger partial charge in [0.25, 0.3) is 0 Å². The lowest BCUT2D eigenvalue weighted by molar-refractivity contribution is -0.133. The van der Waals surface area contributed by atoms with E-state index in [0.29, 0.717) is 19.4 Å². The molecule has 2 atom stereocenters. The molecule has 1 N–H and O–H groups in total. The van der Waals surface area contributed by atoms with Gasteiger partial charge in [-0.15, -0.1) is 0 Å². The summed E-state index contributed by atoms with van der Waals surface area (Å²) in [7, 11) is 1.53. The van der Waals surface area contributed by atoms with Crippen molar-refractivity contribution in [3.8, 4) is 0 Å². The van der Waals surface area contributed by atoms with Crippen molar-refractivity contribution in [3.63, 3.8) is 0 Å². The second-order valence-corrected chi connectivity index (χ2v) is 7.99. The highest BCUT2D eigenvalue weighted by molar-refractivity contribution is 5.95. The van der Waals surface area contributed by atoms with E-state index in [1.54, 1.807) is 20.8 Å². The lowest BCUT2D eigenvalue weighted by Crippen LogP contribution is -2.47. The summed E-state index contributed by atoms with van der Waals surface area (Å²) in [6.45, 7) is 5.78. The Balaban J connectivity index is 2.06. The molecular weight excluding hydrogens is 376 g/mol. The van der Waals surface area contributed by atoms with Crippen LogP contribution in [0.2, 0.25) is 0 Å². The number of methoxy groups -OCH3 is 1. The molecule has 1 aromatic rings. The first kappa shape index (κ1) is 22.7. The topological polar surface area (TPSA) is 94.2 Å². The molecule has 29 heavy (non-hydrogen) atoms. The summed E-state index contributed by atoms with van der Waals surface area (Å²) in [5, 5.41) is 2.62. The minimum Gasteiger partial charge on any atom is -0.447 e. The minimum absolute atomic E-state index is 0.0406. The molecule has 160 valence electrons. The van der Waals surface area contributed by atoms with Crippen LogP contribution in [0.5, 0.6) is 0 Å². The average Bonchev–Trinajstić information content (AvgIpc) is 3.01. The van der Waals surface area contributed by atoms with E-state index in [-0.39, 0.29) is 25.1 Å². The standard InChI is InChI=1S/C21H30N2O6/c1-21(2,3)29-19(25)22-13-16(10-11-27-4)18(24)23-17(14-28-20(23)26)12-15-8-6-5-7-9-15/h5-9,16-17H,10-14H2,1-4H3,(H,22,25)/t16-,17+/m1/s1. The van der Waals surface area contributed by atoms with Crippen LogP contribution in [0.4, 0.5) is 9.59 Å². The van der Waals surface area contributed by atoms with Crippen LogP contribution < -0.4 is 5.32 Å². The van der Waals surface area contributed by atoms with E-state index in [1.807, 2.05) is 30.3 Å². The Bertz CT molecular complexity index is 701. The zero-order chi connectivity index (χ0) is 21.4. The van der Waals surface area contributed by atoms with Crippen LogP contribution in [0, 0.1) is 5.92 Å². The highest BCUT2D eigenvalue weighted by Crippen LogP contribution is 2.21. The van der Waals surface area contributed by atoms with E-state index >= 15 is 0 Å². The summed E-state index contributed by atoms with van der Waals surface area (Å²) in [5.74, 6) is -1.02. The summed E-state index contributed by atoms with van der Waals surface area (Å²) in [6, 6.07) is 9.22. The Morgan fingerprint density at radius 1 is 1.28 bits per heavy atom. The number of amides is 3. The monoisotopic (exact) mass is 406 g/mol. The molecule has 1 aromatic carbocycles. The maximum Gasteiger partial charge on any atom is 0.416 e. The summed E-state index contributed by atoms with van der Waals surface area (Å²) < 4.78 is 15.5. The summed E-state index contributed by atoms with van der Waals surface area (Å²) in [4.78, 5) is 38.5. The van der Waals surface area contributed by atoms with Crippen LogP contribution in [0.25, 0.3) is 0 Å². The van der Waals surface area contributed by atoms with Crippen molar-refractivity contribution in [1.29, 1.82) is 0 Å². The average molecular weight is 406 g/mol. The summed E-state index contributed by atoms with van der Waals surface area (Å²) in [6.07, 6.45) is -0.407. The Hall–Kier alpha value is -2.61. The molecule has 0 spiro atoms. The van der Waals surface area contributed by atoms with Gasteiger partial charge in [0.1, 0.15) is 12.2 Å². The van der Waals surface area contributed by atoms with E-state index in [9.17, 15) is 14.4 Å². The van der Waals surface area contributed by atoms with Crippen molar-refractivity contribution in [1.82, 2.24) is 10.2 Å². The Kier molecular flexibility index (Phi) is 8.01. The summed E-state index contributed by atoms with van der Waals surface area (Å²) in [5.41, 5.74) is 0.365. The number of cyclic esters (lactones) is 1. The maximum atomic E-state index is 13.1. The fourth-order valence-electron chi connectivity index (χ4n) is 3.06. The first-order valence-electron chi connectivity index (χ1n) is 9.71. The lowest BCUT2D eigenvalue weighted by atomic mass is 10.0. The fourth-order valence-corrected chi connectivity index (χ4v) is 3.06. The van der Waals surface area contributed by atoms with Gasteiger partial charge in [-0.05, 0) is 39.2 Å². The molecule has 1 heterocycles. The first-order chi connectivity index (χ1) is 13.7. The third kappa shape index (κ3) is 7.05. The molecule has 0 radical (unpaired) electrons. The van der Waals surface area contributed by atoms with Gasteiger partial charge in [-0.1, -0.05) is 30.3 Å². The third-order valence-electron chi connectivity index (χ3n) is 4.42. The van der Waals surface area contributed by atoms with Crippen molar-refractivity contribution in [3.05, 3.63) is 35.9 Å². The molecule has 1 aliphatic rings. The molecule has 8 heteroatoms. The molecule has 2 rings (SSSR count). The van der Waals surface area contributed by atoms with E-state index in [0.717, 1.165) is 5.56 Å². The Labute approximate surface area is 171 Å². The van der Waals surface area contributed by atoms with Gasteiger partial charge in [0.05, 0.1) is 12.0 Å². The zero-order valence-electron chi connectivity index (χ0n) is 17.5. The molecule has 0 saturated carbocycles. The maximum absolute atomic E-state index is 13.1. The van der Waals surface area contributed by atoms with Gasteiger partial charge in [-0.25, -0.2) is 14.5 Å². The van der Waals surface area contributed by atoms with Crippen LogP contribution >= 0.6 is 0 Å². The van der Waals surface area contributed by atoms with Crippen molar-refractivity contribution in [2.24, 2.45) is 5.92 Å². The number of benzene rings is 1. The molecule has 1 fully saturated rings. The van der Waals surface area contributed by atoms with E-state index in [1.165, 1.54) is 12.0 Å². The number of carbonyl (C=O) groups is 3. The van der Waals surface area contributed by atoms with Crippen molar-refractivity contribution in [2.75, 3.05) is 26.9 Å². The van der Waals surface area contributed by atoms with Crippen molar-refractivity contribution in [2.45, 2.75) is 45.3 Å². The fraction of sp³-hybridized carbons (Fsp3) is 0.571. The number of nitrogens with one attached hydrogen (secondary N) is 1. The second-order valence-electron chi connectivity index (χ2n) is 7.99. The van der Waals surface area contributed by atoms with Gasteiger partial charge in [0.15, 0.2) is 0 Å². The quantitative estimate of drug-likeness (QED) is 0.713. The number of alkyl carbamates (subject to hydrolysis) is 1. The molecule has 0 aromatic heterocycles. The van der Waals surface area contributed by atoms with Crippen LogP contribution in [-0.2, 0) is 25.4 Å². The summed E-state index contributed by atoms with van der Waals surface area (Å²) >= 11 is 0. The van der Waals surface area contributed by atoms with E-state index < -0.39 is 23.7 Å². The van der Waals surface area contributed by atoms with Crippen LogP contribution in [0.1, 0.15) is 32.8 Å². The predicted octanol–water partition coefficient (Wildman–Crippen LogP) is 2.75. The Morgan fingerprint density at radius 3 is 2.59 bits per heavy atom. The zero-order valence-corrected chi connectivity index (χ0v) is 17.5. The number of carbonyl (C=O) groups excluding carboxylic acids is 3. The number of ether oxygens (including phenoxy) is 3. The highest BCUT2D eigenvalue weighted by atomic mass is 16.6. The largest absolute Gasteiger partial charge is 0.447 e. The van der Waals surface area contributed by atoms with Crippen LogP contribution in [-0.4, -0.2) is 61.5 Å². The number of hydrogen-bond donors (Lipinski definition) is 1. The number of imide groups is 1. The molecule has 8 nitrogen and oxygen atoms in total. The van der Waals surface area contributed by atoms with E-state index in [4.69, 9.17) is 14.2 Å². The van der Waals surface area contributed by atoms with Crippen LogP contribution in [0.3, 0.4) is 0 Å². The first-order valence-corrected chi connectivity index (χ1v) is 9.71. The molecule has 3 amide bonds. The van der Waals surface area contributed by atoms with Gasteiger partial charge in [0, 0.05) is 20.3 Å². The van der Waals surface area contributed by atoms with Gasteiger partial charge in [-0.2, -0.15) is 0 Å². The lowest BCUT2D eigenvalue weighted by Gasteiger charge is -2.26. The van der Waals surface area contributed by atoms with Crippen LogP contribution in [0.15, 0.2) is 30.3 Å². The van der Waals surface area contributed by atoms with Gasteiger partial charge in [-0.3, -0.25) is 4.79 Å². The van der Waals surface area contributed by atoms with Gasteiger partial charge in [0.2, 0.25) is 5.91 Å². The second kappa shape index (κ2) is 10.2. The normalized spacial score (nSPS) is 17.6. The smallest absolute Gasteiger partial charge is 0.416 e. The van der Waals surface area contributed by atoms with Crippen molar-refractivity contribution < 1.29 is 28.6 Å². The number of rotatable bonds is 8. The number of hydrogen-bond acceptors (Lipinski definition) is 6. The van der Waals surface area contributed by atoms with Gasteiger partial charge < -0.3 is 19.5 Å². The molecule has 1 saturated heterocycles. The molecule has 0 bridgehead atoms. The number of nitrogens with zero attached hydrogens (tertiary/aromatic N) is 1. The molecule has 0 unspecified atom stereocenters. The SMILES string of the molecule is COCC[C@H](CNC(=O)OC(C)(C)C)C(=O)N1C(=O)OC[C@@H]1Cc1ccccc1. The minimum atomic E-state index is -0.657. The predicted molar refractivity (Wildman–Crippen MR) is 106 cm³/mol. The van der Waals surface area contributed by atoms with E-state index in [2.05, 4.69) is 5.32 Å².